The largest absolute Gasteiger partial charge is 0.491 e. The lowest BCUT2D eigenvalue weighted by Crippen LogP contribution is -2.41. The summed E-state index contributed by atoms with van der Waals surface area (Å²) in [5.41, 5.74) is 0.762. The molecule has 2 aromatic carbocycles. The molecule has 0 aliphatic carbocycles. The highest BCUT2D eigenvalue weighted by Crippen LogP contribution is 2.33. The molecule has 1 fully saturated rings. The Morgan fingerprint density at radius 1 is 1.14 bits per heavy atom. The van der Waals surface area contributed by atoms with Gasteiger partial charge in [0.1, 0.15) is 23.9 Å². The highest BCUT2D eigenvalue weighted by atomic mass is 35.5. The minimum Gasteiger partial charge on any atom is -0.491 e. The number of nitrogens with one attached hydrogen (secondary N) is 1. The van der Waals surface area contributed by atoms with Crippen LogP contribution in [-0.4, -0.2) is 57.4 Å². The molecule has 0 unspecified atom stereocenters. The van der Waals surface area contributed by atoms with E-state index >= 15 is 0 Å². The molecule has 1 aliphatic rings. The number of carbonyl (C=O) groups is 2. The standard InChI is InChI=1S/C25H27ClN4O5/c1-3-18(31)15-34-19-11-17(24(32)27-23-7-10-29(2)28-23)12-20(14-19)35-22-6-5-16(13-21(22)26)25(33)30-8-4-9-30/h5-7,10-14,18,31H,3-4,8-9,15H2,1-2H3,(H,27,28,32)/t18-/m0/s1. The third-order valence-electron chi connectivity index (χ3n) is 5.56. The van der Waals surface area contributed by atoms with Crippen molar-refractivity contribution in [2.45, 2.75) is 25.9 Å². The summed E-state index contributed by atoms with van der Waals surface area (Å²) in [5.74, 6) is 0.914. The number of aryl methyl sites for hydroxylation is 1. The van der Waals surface area contributed by atoms with Crippen molar-refractivity contribution in [3.05, 3.63) is 64.8 Å². The van der Waals surface area contributed by atoms with Crippen LogP contribution in [0.3, 0.4) is 0 Å². The minimum atomic E-state index is -0.642. The normalized spacial score (nSPS) is 13.7. The molecule has 0 spiro atoms. The Kier molecular flexibility index (Phi) is 7.57. The van der Waals surface area contributed by atoms with Gasteiger partial charge < -0.3 is 24.8 Å². The first-order valence-electron chi connectivity index (χ1n) is 11.4. The maximum Gasteiger partial charge on any atom is 0.257 e. The molecule has 4 rings (SSSR count). The number of hydrogen-bond donors (Lipinski definition) is 2. The van der Waals surface area contributed by atoms with E-state index < -0.39 is 12.0 Å². The summed E-state index contributed by atoms with van der Waals surface area (Å²) in [5, 5.41) is 17.0. The monoisotopic (exact) mass is 498 g/mol. The van der Waals surface area contributed by atoms with Crippen LogP contribution >= 0.6 is 11.6 Å². The number of aromatic nitrogens is 2. The molecule has 1 aliphatic heterocycles. The summed E-state index contributed by atoms with van der Waals surface area (Å²) in [6.45, 7) is 3.40. The molecular weight excluding hydrogens is 472 g/mol. The number of carbonyl (C=O) groups excluding carboxylic acids is 2. The average molecular weight is 499 g/mol. The quantitative estimate of drug-likeness (QED) is 0.460. The van der Waals surface area contributed by atoms with E-state index in [2.05, 4.69) is 10.4 Å². The maximum atomic E-state index is 12.9. The zero-order valence-corrected chi connectivity index (χ0v) is 20.3. The Labute approximate surface area is 208 Å². The van der Waals surface area contributed by atoms with Crippen LogP contribution in [0.15, 0.2) is 48.7 Å². The van der Waals surface area contributed by atoms with Crippen LogP contribution in [0, 0.1) is 0 Å². The van der Waals surface area contributed by atoms with Crippen LogP contribution in [0.2, 0.25) is 5.02 Å². The van der Waals surface area contributed by atoms with Crippen LogP contribution in [0.5, 0.6) is 17.2 Å². The summed E-state index contributed by atoms with van der Waals surface area (Å²) in [4.78, 5) is 27.1. The molecule has 2 N–H and O–H groups in total. The molecule has 2 amide bonds. The van der Waals surface area contributed by atoms with Crippen molar-refractivity contribution in [2.24, 2.45) is 7.05 Å². The van der Waals surface area contributed by atoms with Crippen LogP contribution in [0.4, 0.5) is 5.82 Å². The van der Waals surface area contributed by atoms with E-state index in [1.54, 1.807) is 65.3 Å². The van der Waals surface area contributed by atoms with Gasteiger partial charge in [0.25, 0.3) is 11.8 Å². The van der Waals surface area contributed by atoms with Crippen LogP contribution < -0.4 is 14.8 Å². The van der Waals surface area contributed by atoms with E-state index in [9.17, 15) is 14.7 Å². The molecule has 1 atom stereocenters. The van der Waals surface area contributed by atoms with E-state index in [1.165, 1.54) is 0 Å². The first-order chi connectivity index (χ1) is 16.8. The van der Waals surface area contributed by atoms with Gasteiger partial charge in [-0.1, -0.05) is 18.5 Å². The Morgan fingerprint density at radius 2 is 1.91 bits per heavy atom. The van der Waals surface area contributed by atoms with Crippen molar-refractivity contribution in [1.82, 2.24) is 14.7 Å². The number of aliphatic hydroxyl groups is 1. The molecule has 1 aromatic heterocycles. The lowest BCUT2D eigenvalue weighted by atomic mass is 10.1. The van der Waals surface area contributed by atoms with Gasteiger partial charge in [-0.3, -0.25) is 14.3 Å². The molecular formula is C25H27ClN4O5. The molecule has 10 heteroatoms. The summed E-state index contributed by atoms with van der Waals surface area (Å²) in [6, 6.07) is 11.3. The molecule has 0 bridgehead atoms. The number of ether oxygens (including phenoxy) is 2. The second kappa shape index (κ2) is 10.8. The van der Waals surface area contributed by atoms with Crippen LogP contribution in [0.1, 0.15) is 40.5 Å². The first kappa shape index (κ1) is 24.6. The number of halogens is 1. The molecule has 2 heterocycles. The number of rotatable bonds is 9. The third-order valence-corrected chi connectivity index (χ3v) is 5.86. The van der Waals surface area contributed by atoms with Gasteiger partial charge in [0.05, 0.1) is 11.1 Å². The first-order valence-corrected chi connectivity index (χ1v) is 11.7. The van der Waals surface area contributed by atoms with Crippen LogP contribution in [0.25, 0.3) is 0 Å². The van der Waals surface area contributed by atoms with Gasteiger partial charge in [-0.05, 0) is 43.2 Å². The molecule has 1 saturated heterocycles. The summed E-state index contributed by atoms with van der Waals surface area (Å²) in [7, 11) is 1.75. The number of likely N-dealkylation sites (tertiary alicyclic amines) is 1. The van der Waals surface area contributed by atoms with Crippen molar-refractivity contribution in [3.8, 4) is 17.2 Å². The zero-order chi connectivity index (χ0) is 24.9. The molecule has 0 saturated carbocycles. The highest BCUT2D eigenvalue weighted by Gasteiger charge is 2.22. The molecule has 9 nitrogen and oxygen atoms in total. The number of benzene rings is 2. The van der Waals surface area contributed by atoms with E-state index in [-0.39, 0.29) is 23.1 Å². The lowest BCUT2D eigenvalue weighted by molar-refractivity contribution is 0.0651. The van der Waals surface area contributed by atoms with Gasteiger partial charge in [0.15, 0.2) is 5.82 Å². The van der Waals surface area contributed by atoms with Crippen molar-refractivity contribution < 1.29 is 24.2 Å². The van der Waals surface area contributed by atoms with Crippen LogP contribution in [-0.2, 0) is 7.05 Å². The Balaban J connectivity index is 1.56. The number of amides is 2. The van der Waals surface area contributed by atoms with Crippen molar-refractivity contribution in [3.63, 3.8) is 0 Å². The second-order valence-electron chi connectivity index (χ2n) is 8.29. The Morgan fingerprint density at radius 3 is 2.54 bits per heavy atom. The predicted octanol–water partition coefficient (Wildman–Crippen LogP) is 4.11. The van der Waals surface area contributed by atoms with Gasteiger partial charge in [0, 0.05) is 49.6 Å². The molecule has 0 radical (unpaired) electrons. The second-order valence-corrected chi connectivity index (χ2v) is 8.70. The van der Waals surface area contributed by atoms with E-state index in [4.69, 9.17) is 21.1 Å². The van der Waals surface area contributed by atoms with Gasteiger partial charge >= 0.3 is 0 Å². The fourth-order valence-corrected chi connectivity index (χ4v) is 3.59. The van der Waals surface area contributed by atoms with Gasteiger partial charge in [0.2, 0.25) is 0 Å². The fourth-order valence-electron chi connectivity index (χ4n) is 3.37. The summed E-state index contributed by atoms with van der Waals surface area (Å²) < 4.78 is 13.2. The zero-order valence-electron chi connectivity index (χ0n) is 19.5. The van der Waals surface area contributed by atoms with Gasteiger partial charge in [-0.15, -0.1) is 0 Å². The minimum absolute atomic E-state index is 0.0648. The van der Waals surface area contributed by atoms with E-state index in [1.807, 2.05) is 6.92 Å². The molecule has 35 heavy (non-hydrogen) atoms. The van der Waals surface area contributed by atoms with E-state index in [0.29, 0.717) is 35.1 Å². The number of anilines is 1. The maximum absolute atomic E-state index is 12.9. The summed E-state index contributed by atoms with van der Waals surface area (Å²) in [6.07, 6.45) is 2.61. The smallest absolute Gasteiger partial charge is 0.257 e. The average Bonchev–Trinajstić information content (AvgIpc) is 3.21. The highest BCUT2D eigenvalue weighted by molar-refractivity contribution is 6.32. The lowest BCUT2D eigenvalue weighted by Gasteiger charge is -2.31. The fraction of sp³-hybridized carbons (Fsp3) is 0.320. The van der Waals surface area contributed by atoms with Gasteiger partial charge in [-0.2, -0.15) is 5.10 Å². The predicted molar refractivity (Wildman–Crippen MR) is 131 cm³/mol. The number of aliphatic hydroxyl groups excluding tert-OH is 1. The SMILES string of the molecule is CC[C@H](O)COc1cc(Oc2ccc(C(=O)N3CCC3)cc2Cl)cc(C(=O)Nc2ccn(C)n2)c1. The van der Waals surface area contributed by atoms with Crippen molar-refractivity contribution >= 4 is 29.2 Å². The van der Waals surface area contributed by atoms with Crippen molar-refractivity contribution in [2.75, 3.05) is 25.0 Å². The Hall–Kier alpha value is -3.56. The number of nitrogens with zero attached hydrogens (tertiary/aromatic N) is 3. The number of hydrogen-bond acceptors (Lipinski definition) is 6. The summed E-state index contributed by atoms with van der Waals surface area (Å²) >= 11 is 6.41. The van der Waals surface area contributed by atoms with E-state index in [0.717, 1.165) is 19.5 Å². The van der Waals surface area contributed by atoms with Gasteiger partial charge in [-0.25, -0.2) is 0 Å². The third kappa shape index (κ3) is 6.12. The molecule has 3 aromatic rings. The van der Waals surface area contributed by atoms with Crippen molar-refractivity contribution in [1.29, 1.82) is 0 Å². The molecule has 184 valence electrons. The Bertz CT molecular complexity index is 1220. The topological polar surface area (TPSA) is 106 Å².